The molecule has 47 heavy (non-hydrogen) atoms. The van der Waals surface area contributed by atoms with Gasteiger partial charge in [-0.05, 0) is 51.8 Å². The molecule has 2 unspecified atom stereocenters. The van der Waals surface area contributed by atoms with Gasteiger partial charge >= 0.3 is 0 Å². The van der Waals surface area contributed by atoms with E-state index in [1.807, 2.05) is 0 Å². The maximum absolute atomic E-state index is 13.0. The van der Waals surface area contributed by atoms with Gasteiger partial charge in [-0.15, -0.1) is 0 Å². The zero-order valence-electron chi connectivity index (χ0n) is 27.1. The monoisotopic (exact) mass is 677 g/mol. The van der Waals surface area contributed by atoms with Crippen LogP contribution in [0.3, 0.4) is 0 Å². The number of ether oxygens (including phenoxy) is 4. The fraction of sp³-hybridized carbons (Fsp3) is 0.857. The molecule has 3 rings (SSSR count). The van der Waals surface area contributed by atoms with Crippen molar-refractivity contribution in [3.05, 3.63) is 11.8 Å². The number of rotatable bonds is 16. The normalized spacial score (nSPS) is 36.6. The van der Waals surface area contributed by atoms with E-state index in [-0.39, 0.29) is 51.6 Å². The van der Waals surface area contributed by atoms with Crippen LogP contribution in [0, 0.1) is 5.92 Å². The predicted octanol–water partition coefficient (Wildman–Crippen LogP) is -5.34. The molecule has 3 aliphatic rings. The Balaban J connectivity index is 1.83. The molecule has 2 heterocycles. The molecule has 272 valence electrons. The second kappa shape index (κ2) is 18.0. The fourth-order valence-electron chi connectivity index (χ4n) is 6.18. The van der Waals surface area contributed by atoms with E-state index in [2.05, 4.69) is 15.6 Å². The van der Waals surface area contributed by atoms with Crippen LogP contribution >= 0.6 is 0 Å². The third-order valence-corrected chi connectivity index (χ3v) is 8.70. The maximum atomic E-state index is 13.0. The van der Waals surface area contributed by atoms with Gasteiger partial charge < -0.3 is 78.7 Å². The molecule has 0 bridgehead atoms. The molecule has 0 aromatic heterocycles. The number of aliphatic hydroxyl groups is 4. The predicted molar refractivity (Wildman–Crippen MR) is 168 cm³/mol. The minimum atomic E-state index is -1.48. The molecule has 1 aliphatic carbocycles. The van der Waals surface area contributed by atoms with Crippen LogP contribution in [0.1, 0.15) is 32.6 Å². The van der Waals surface area contributed by atoms with Crippen molar-refractivity contribution >= 4 is 11.9 Å². The van der Waals surface area contributed by atoms with Gasteiger partial charge in [0, 0.05) is 19.0 Å². The summed E-state index contributed by atoms with van der Waals surface area (Å²) >= 11 is 0. The van der Waals surface area contributed by atoms with Crippen LogP contribution in [0.2, 0.25) is 0 Å². The van der Waals surface area contributed by atoms with E-state index in [0.717, 1.165) is 0 Å². The van der Waals surface area contributed by atoms with Crippen LogP contribution in [0.15, 0.2) is 16.8 Å². The van der Waals surface area contributed by atoms with Gasteiger partial charge in [-0.3, -0.25) is 15.0 Å². The number of guanidine groups is 1. The zero-order valence-corrected chi connectivity index (χ0v) is 27.1. The number of hydroxylamine groups is 2. The highest BCUT2D eigenvalue weighted by Gasteiger charge is 2.52. The molecule has 19 nitrogen and oxygen atoms in total. The van der Waals surface area contributed by atoms with Crippen LogP contribution in [-0.2, 0) is 23.7 Å². The molecule has 0 aromatic carbocycles. The summed E-state index contributed by atoms with van der Waals surface area (Å²) in [4.78, 5) is 16.8. The van der Waals surface area contributed by atoms with Crippen molar-refractivity contribution in [2.45, 2.75) is 99.4 Å². The summed E-state index contributed by atoms with van der Waals surface area (Å²) in [5, 5.41) is 60.6. The first-order valence-electron chi connectivity index (χ1n) is 15.9. The molecule has 0 spiro atoms. The number of hydrogen-bond acceptors (Lipinski definition) is 16. The minimum Gasteiger partial charge on any atom is -0.467 e. The number of nitrogens with two attached hydrogens (primary N) is 5. The van der Waals surface area contributed by atoms with Crippen molar-refractivity contribution in [3.63, 3.8) is 0 Å². The third kappa shape index (κ3) is 10.6. The molecule has 1 amide bonds. The smallest absolute Gasteiger partial charge is 0.246 e. The number of aliphatic imine (C=N–C) groups is 1. The Morgan fingerprint density at radius 1 is 1.21 bits per heavy atom. The number of carbonyl (C=O) groups excluding carboxylic acids is 1. The van der Waals surface area contributed by atoms with Crippen LogP contribution in [-0.4, -0.2) is 156 Å². The van der Waals surface area contributed by atoms with Crippen molar-refractivity contribution in [1.29, 1.82) is 0 Å². The van der Waals surface area contributed by atoms with Crippen LogP contribution in [0.25, 0.3) is 0 Å². The van der Waals surface area contributed by atoms with Crippen molar-refractivity contribution in [2.75, 3.05) is 46.4 Å². The summed E-state index contributed by atoms with van der Waals surface area (Å²) in [7, 11) is 1.57. The van der Waals surface area contributed by atoms with E-state index in [9.17, 15) is 30.4 Å². The van der Waals surface area contributed by atoms with Crippen molar-refractivity contribution in [1.82, 2.24) is 15.7 Å². The number of hydrogen-bond donors (Lipinski definition) is 12. The summed E-state index contributed by atoms with van der Waals surface area (Å²) in [5.74, 6) is -1.21. The number of amides is 1. The molecule has 1 saturated heterocycles. The highest BCUT2D eigenvalue weighted by molar-refractivity contribution is 5.76. The lowest BCUT2D eigenvalue weighted by Crippen LogP contribution is -2.67. The first-order chi connectivity index (χ1) is 22.2. The van der Waals surface area contributed by atoms with Crippen molar-refractivity contribution < 1.29 is 49.4 Å². The van der Waals surface area contributed by atoms with Gasteiger partial charge in [-0.1, -0.05) is 0 Å². The molecule has 12 atom stereocenters. The average molecular weight is 678 g/mol. The van der Waals surface area contributed by atoms with E-state index in [4.69, 9.17) is 47.6 Å². The average Bonchev–Trinajstić information content (AvgIpc) is 3.01. The Bertz CT molecular complexity index is 1050. The Labute approximate surface area is 274 Å². The summed E-state index contributed by atoms with van der Waals surface area (Å²) in [6, 6.07) is -2.14. The summed E-state index contributed by atoms with van der Waals surface area (Å²) in [6.07, 6.45) is -5.70. The first-order valence-corrected chi connectivity index (χ1v) is 15.9. The fourth-order valence-corrected chi connectivity index (χ4v) is 6.18. The Hall–Kier alpha value is -2.24. The van der Waals surface area contributed by atoms with Gasteiger partial charge in [0.1, 0.15) is 29.7 Å². The topological polar surface area (TPSA) is 325 Å². The Morgan fingerprint density at radius 2 is 1.91 bits per heavy atom. The summed E-state index contributed by atoms with van der Waals surface area (Å²) in [5.41, 5.74) is 27.1. The van der Waals surface area contributed by atoms with Gasteiger partial charge in [0.25, 0.3) is 0 Å². The Kier molecular flexibility index (Phi) is 15.0. The maximum Gasteiger partial charge on any atom is 0.246 e. The first kappa shape index (κ1) is 39.2. The molecule has 1 saturated carbocycles. The molecule has 17 N–H and O–H groups in total. The minimum absolute atomic E-state index is 0.0419. The van der Waals surface area contributed by atoms with Gasteiger partial charge in [0.2, 0.25) is 12.2 Å². The van der Waals surface area contributed by atoms with Crippen LogP contribution in [0.4, 0.5) is 0 Å². The summed E-state index contributed by atoms with van der Waals surface area (Å²) in [6.45, 7) is 1.69. The second-order valence-electron chi connectivity index (χ2n) is 12.5. The number of nitrogens with one attached hydrogen (secondary N) is 2. The molecule has 2 fully saturated rings. The van der Waals surface area contributed by atoms with Crippen molar-refractivity contribution in [3.8, 4) is 0 Å². The van der Waals surface area contributed by atoms with Crippen LogP contribution < -0.4 is 39.3 Å². The lowest BCUT2D eigenvalue weighted by Gasteiger charge is -2.49. The van der Waals surface area contributed by atoms with E-state index < -0.39 is 78.7 Å². The Morgan fingerprint density at radius 3 is 2.55 bits per heavy atom. The van der Waals surface area contributed by atoms with E-state index in [1.165, 1.54) is 6.92 Å². The van der Waals surface area contributed by atoms with E-state index in [0.29, 0.717) is 30.2 Å². The third-order valence-electron chi connectivity index (χ3n) is 8.70. The quantitative estimate of drug-likeness (QED) is 0.0314. The molecule has 0 aromatic rings. The SMILES string of the molecule is CN[C@@H]1[C@@H](O)[C@@H](O[C@H]2[C@H](CC(=O)N(O)CCN=C(N)N)C[C@H](N)C(O[C@H]3OC(CN)=CC[C@H]3NCC(O)CCN)[C@@H]2O)OC[C@]1(C)O. The number of carbonyl (C=O) groups is 1. The standard InChI is InChI=1S/C28H55N9O10/c1-28(42)13-44-26(21(41)24(28)34-2)46-22-14(10-19(39)37(43)8-7-35-27(32)33)9-17(31)23(20(22)40)47-25-18(4-3-16(11-30)45-25)36-12-15(38)5-6-29/h3,14-15,17-18,20-26,34,36,38,40-43H,4-13,29-31H2,1-2H3,(H4,32,33,35)/t14-,15?,17-,18+,20+,21+,22-,23?,24+,25+,26+,28-/m0/s1. The second-order valence-corrected chi connectivity index (χ2v) is 12.5. The number of nitrogens with zero attached hydrogens (tertiary/aromatic N) is 2. The van der Waals surface area contributed by atoms with E-state index in [1.54, 1.807) is 13.1 Å². The molecular formula is C28H55N9O10. The van der Waals surface area contributed by atoms with Gasteiger partial charge in [0.05, 0.1) is 50.5 Å². The van der Waals surface area contributed by atoms with Gasteiger partial charge in [0.15, 0.2) is 12.2 Å². The summed E-state index contributed by atoms with van der Waals surface area (Å²) < 4.78 is 24.2. The lowest BCUT2D eigenvalue weighted by atomic mass is 9.77. The van der Waals surface area contributed by atoms with E-state index >= 15 is 0 Å². The lowest BCUT2D eigenvalue weighted by molar-refractivity contribution is -0.308. The molecule has 19 heteroatoms. The zero-order chi connectivity index (χ0) is 34.9. The number of likely N-dealkylation sites (N-methyl/N-ethyl adjacent to an activating group) is 1. The largest absolute Gasteiger partial charge is 0.467 e. The molecule has 2 aliphatic heterocycles. The highest BCUT2D eigenvalue weighted by atomic mass is 16.7. The molecular weight excluding hydrogens is 622 g/mol. The molecule has 0 radical (unpaired) electrons. The van der Waals surface area contributed by atoms with Crippen molar-refractivity contribution in [2.24, 2.45) is 39.6 Å². The van der Waals surface area contributed by atoms with Gasteiger partial charge in [-0.2, -0.15) is 0 Å². The van der Waals surface area contributed by atoms with Gasteiger partial charge in [-0.25, -0.2) is 5.06 Å². The highest BCUT2D eigenvalue weighted by Crippen LogP contribution is 2.36. The van der Waals surface area contributed by atoms with Crippen LogP contribution in [0.5, 0.6) is 0 Å². The number of aliphatic hydroxyl groups excluding tert-OH is 3.